The molecule has 0 radical (unpaired) electrons. The van der Waals surface area contributed by atoms with E-state index in [9.17, 15) is 4.79 Å². The average molecular weight is 290 g/mol. The molecule has 2 N–H and O–H groups in total. The lowest BCUT2D eigenvalue weighted by atomic mass is 10.1. The first-order valence-corrected chi connectivity index (χ1v) is 7.62. The van der Waals surface area contributed by atoms with E-state index < -0.39 is 0 Å². The quantitative estimate of drug-likeness (QED) is 0.911. The summed E-state index contributed by atoms with van der Waals surface area (Å²) in [5.41, 5.74) is 6.49. The van der Waals surface area contributed by atoms with Gasteiger partial charge in [0.25, 0.3) is 5.91 Å². The molecule has 21 heavy (non-hydrogen) atoms. The zero-order chi connectivity index (χ0) is 14.7. The highest BCUT2D eigenvalue weighted by molar-refractivity contribution is 5.97. The van der Waals surface area contributed by atoms with E-state index in [1.165, 1.54) is 0 Å². The van der Waals surface area contributed by atoms with E-state index in [1.54, 1.807) is 4.90 Å². The van der Waals surface area contributed by atoms with E-state index >= 15 is 0 Å². The normalized spacial score (nSPS) is 25.3. The Labute approximate surface area is 125 Å². The van der Waals surface area contributed by atoms with E-state index in [0.717, 1.165) is 32.4 Å². The summed E-state index contributed by atoms with van der Waals surface area (Å²) in [6, 6.07) is 7.50. The van der Waals surface area contributed by atoms with Crippen LogP contribution in [0.2, 0.25) is 0 Å². The Morgan fingerprint density at radius 2 is 2.24 bits per heavy atom. The summed E-state index contributed by atoms with van der Waals surface area (Å²) in [5, 5.41) is 0. The molecule has 1 aromatic carbocycles. The number of nitrogens with two attached hydrogens (primary N) is 1. The van der Waals surface area contributed by atoms with Crippen LogP contribution in [-0.2, 0) is 4.74 Å². The van der Waals surface area contributed by atoms with Gasteiger partial charge in [-0.1, -0.05) is 12.1 Å². The summed E-state index contributed by atoms with van der Waals surface area (Å²) in [6.45, 7) is 2.66. The largest absolute Gasteiger partial charge is 0.490 e. The summed E-state index contributed by atoms with van der Waals surface area (Å²) in [5.74, 6) is 0.643. The lowest BCUT2D eigenvalue weighted by Gasteiger charge is -2.19. The number of carbonyl (C=O) groups is 1. The molecule has 1 aromatic rings. The highest BCUT2D eigenvalue weighted by Gasteiger charge is 2.26. The highest BCUT2D eigenvalue weighted by atomic mass is 16.5. The van der Waals surface area contributed by atoms with Gasteiger partial charge in [0.05, 0.1) is 11.7 Å². The number of para-hydroxylation sites is 1. The van der Waals surface area contributed by atoms with Gasteiger partial charge in [-0.05, 0) is 31.4 Å². The molecule has 2 fully saturated rings. The highest BCUT2D eigenvalue weighted by Crippen LogP contribution is 2.23. The number of hydrogen-bond acceptors (Lipinski definition) is 4. The van der Waals surface area contributed by atoms with Crippen molar-refractivity contribution in [1.29, 1.82) is 0 Å². The van der Waals surface area contributed by atoms with E-state index in [0.29, 0.717) is 24.5 Å². The molecule has 5 nitrogen and oxygen atoms in total. The summed E-state index contributed by atoms with van der Waals surface area (Å²) in [4.78, 5) is 14.4. The van der Waals surface area contributed by atoms with Gasteiger partial charge < -0.3 is 20.1 Å². The lowest BCUT2D eigenvalue weighted by molar-refractivity contribution is 0.0657. The van der Waals surface area contributed by atoms with Crippen LogP contribution in [0, 0.1) is 0 Å². The Morgan fingerprint density at radius 3 is 2.95 bits per heavy atom. The number of likely N-dealkylation sites (tertiary alicyclic amines) is 1. The minimum absolute atomic E-state index is 0.00545. The third-order valence-electron chi connectivity index (χ3n) is 4.08. The monoisotopic (exact) mass is 290 g/mol. The summed E-state index contributed by atoms with van der Waals surface area (Å²) in [7, 11) is 0. The maximum atomic E-state index is 12.6. The minimum Gasteiger partial charge on any atom is -0.490 e. The van der Waals surface area contributed by atoms with Gasteiger partial charge in [0.2, 0.25) is 0 Å². The van der Waals surface area contributed by atoms with Crippen LogP contribution in [-0.4, -0.2) is 49.3 Å². The van der Waals surface area contributed by atoms with Gasteiger partial charge in [-0.25, -0.2) is 0 Å². The van der Waals surface area contributed by atoms with Crippen LogP contribution < -0.4 is 10.5 Å². The van der Waals surface area contributed by atoms with Crippen molar-refractivity contribution in [2.24, 2.45) is 5.73 Å². The molecule has 2 aliphatic rings. The number of ether oxygens (including phenoxy) is 2. The van der Waals surface area contributed by atoms with Gasteiger partial charge in [0, 0.05) is 25.7 Å². The van der Waals surface area contributed by atoms with E-state index in [2.05, 4.69) is 0 Å². The van der Waals surface area contributed by atoms with Gasteiger partial charge >= 0.3 is 0 Å². The molecule has 0 aliphatic carbocycles. The van der Waals surface area contributed by atoms with Gasteiger partial charge in [-0.2, -0.15) is 0 Å². The fourth-order valence-electron chi connectivity index (χ4n) is 2.87. The second-order valence-corrected chi connectivity index (χ2v) is 5.74. The number of nitrogens with zero attached hydrogens (tertiary/aromatic N) is 1. The Morgan fingerprint density at radius 1 is 1.38 bits per heavy atom. The van der Waals surface area contributed by atoms with Crippen molar-refractivity contribution >= 4 is 5.91 Å². The number of carbonyl (C=O) groups excluding carboxylic acids is 1. The van der Waals surface area contributed by atoms with Crippen molar-refractivity contribution in [1.82, 2.24) is 4.90 Å². The maximum Gasteiger partial charge on any atom is 0.257 e. The molecule has 5 heteroatoms. The lowest BCUT2D eigenvalue weighted by Crippen LogP contribution is -2.32. The summed E-state index contributed by atoms with van der Waals surface area (Å²) in [6.07, 6.45) is 3.12. The van der Waals surface area contributed by atoms with Gasteiger partial charge in [-0.3, -0.25) is 4.79 Å². The number of amides is 1. The van der Waals surface area contributed by atoms with Crippen LogP contribution in [0.3, 0.4) is 0 Å². The maximum absolute atomic E-state index is 12.6. The molecule has 2 atom stereocenters. The Bertz CT molecular complexity index is 500. The first-order valence-electron chi connectivity index (χ1n) is 7.62. The second kappa shape index (κ2) is 6.45. The topological polar surface area (TPSA) is 64.8 Å². The molecular formula is C16H22N2O3. The fourth-order valence-corrected chi connectivity index (χ4v) is 2.87. The molecule has 0 aromatic heterocycles. The van der Waals surface area contributed by atoms with E-state index in [1.807, 2.05) is 24.3 Å². The fraction of sp³-hybridized carbons (Fsp3) is 0.562. The predicted octanol–water partition coefficient (Wildman–Crippen LogP) is 1.42. The minimum atomic E-state index is 0.00545. The standard InChI is InChI=1S/C16H22N2O3/c17-12-7-8-18(10-12)16(19)14-5-1-2-6-15(14)21-11-13-4-3-9-20-13/h1-2,5-6,12-13H,3-4,7-11,17H2/t12-,13-/m1/s1. The van der Waals surface area contributed by atoms with E-state index in [-0.39, 0.29) is 18.1 Å². The summed E-state index contributed by atoms with van der Waals surface area (Å²) >= 11 is 0. The van der Waals surface area contributed by atoms with Crippen LogP contribution >= 0.6 is 0 Å². The third kappa shape index (κ3) is 3.36. The molecule has 0 bridgehead atoms. The average Bonchev–Trinajstić information content (AvgIpc) is 3.16. The van der Waals surface area contributed by atoms with Crippen molar-refractivity contribution in [3.8, 4) is 5.75 Å². The van der Waals surface area contributed by atoms with Crippen molar-refractivity contribution in [2.75, 3.05) is 26.3 Å². The first kappa shape index (κ1) is 14.4. The van der Waals surface area contributed by atoms with Crippen molar-refractivity contribution < 1.29 is 14.3 Å². The molecule has 2 heterocycles. The number of benzene rings is 1. The second-order valence-electron chi connectivity index (χ2n) is 5.74. The molecular weight excluding hydrogens is 268 g/mol. The Balaban J connectivity index is 1.68. The van der Waals surface area contributed by atoms with Crippen molar-refractivity contribution in [3.63, 3.8) is 0 Å². The van der Waals surface area contributed by atoms with Crippen LogP contribution in [0.25, 0.3) is 0 Å². The Kier molecular flexibility index (Phi) is 4.41. The zero-order valence-electron chi connectivity index (χ0n) is 12.2. The third-order valence-corrected chi connectivity index (χ3v) is 4.08. The first-order chi connectivity index (χ1) is 10.2. The summed E-state index contributed by atoms with van der Waals surface area (Å²) < 4.78 is 11.4. The molecule has 1 amide bonds. The van der Waals surface area contributed by atoms with Gasteiger partial charge in [0.1, 0.15) is 12.4 Å². The van der Waals surface area contributed by atoms with Gasteiger partial charge in [0.15, 0.2) is 0 Å². The molecule has 0 spiro atoms. The predicted molar refractivity (Wildman–Crippen MR) is 79.4 cm³/mol. The van der Waals surface area contributed by atoms with Gasteiger partial charge in [-0.15, -0.1) is 0 Å². The van der Waals surface area contributed by atoms with Crippen molar-refractivity contribution in [2.45, 2.75) is 31.4 Å². The number of hydrogen-bond donors (Lipinski definition) is 1. The number of rotatable bonds is 4. The molecule has 3 rings (SSSR count). The van der Waals surface area contributed by atoms with Crippen molar-refractivity contribution in [3.05, 3.63) is 29.8 Å². The molecule has 2 aliphatic heterocycles. The molecule has 114 valence electrons. The van der Waals surface area contributed by atoms with Crippen LogP contribution in [0.15, 0.2) is 24.3 Å². The molecule has 0 saturated carbocycles. The van der Waals surface area contributed by atoms with Crippen LogP contribution in [0.5, 0.6) is 5.75 Å². The molecule has 0 unspecified atom stereocenters. The van der Waals surface area contributed by atoms with Crippen LogP contribution in [0.4, 0.5) is 0 Å². The molecule has 2 saturated heterocycles. The SMILES string of the molecule is N[C@@H]1CCN(C(=O)c2ccccc2OC[C@H]2CCCO2)C1. The zero-order valence-corrected chi connectivity index (χ0v) is 12.2. The Hall–Kier alpha value is -1.59. The smallest absolute Gasteiger partial charge is 0.257 e. The van der Waals surface area contributed by atoms with E-state index in [4.69, 9.17) is 15.2 Å². The van der Waals surface area contributed by atoms with Crippen LogP contribution in [0.1, 0.15) is 29.6 Å².